The van der Waals surface area contributed by atoms with Crippen LogP contribution in [-0.4, -0.2) is 22.5 Å². The van der Waals surface area contributed by atoms with Crippen molar-refractivity contribution in [3.05, 3.63) is 153 Å². The molecule has 2 N–H and O–H groups in total. The monoisotopic (exact) mass is 535 g/mol. The van der Waals surface area contributed by atoms with Crippen molar-refractivity contribution in [1.29, 1.82) is 0 Å². The van der Waals surface area contributed by atoms with Crippen molar-refractivity contribution in [3.8, 4) is 0 Å². The lowest BCUT2D eigenvalue weighted by molar-refractivity contribution is -0.384. The Morgan fingerprint density at radius 1 is 0.775 bits per heavy atom. The number of amides is 2. The van der Waals surface area contributed by atoms with Gasteiger partial charge in [0, 0.05) is 34.5 Å². The van der Waals surface area contributed by atoms with E-state index in [2.05, 4.69) is 10.6 Å². The number of non-ortho nitro benzene ring substituents is 1. The standard InChI is InChI=1S/C31H22FN3O5/c32-27-9-5-4-8-24(27)20-28(34-30(37)23-6-2-1-3-7-23)31(38)33-25-15-13-22(14-16-25)29(36)19-12-21-10-17-26(18-11-21)35(39)40/h1-20H,(H,33,38)(H,34,37)/b19-12+,28-20-. The summed E-state index contributed by atoms with van der Waals surface area (Å²) in [5, 5.41) is 16.0. The highest BCUT2D eigenvalue weighted by Crippen LogP contribution is 2.16. The van der Waals surface area contributed by atoms with Gasteiger partial charge in [-0.15, -0.1) is 0 Å². The summed E-state index contributed by atoms with van der Waals surface area (Å²) < 4.78 is 14.3. The van der Waals surface area contributed by atoms with E-state index in [0.29, 0.717) is 22.4 Å². The maximum Gasteiger partial charge on any atom is 0.272 e. The van der Waals surface area contributed by atoms with Crippen LogP contribution in [0.25, 0.3) is 12.2 Å². The summed E-state index contributed by atoms with van der Waals surface area (Å²) in [5.41, 5.74) is 1.51. The molecule has 0 atom stereocenters. The third kappa shape index (κ3) is 7.20. The number of allylic oxidation sites excluding steroid dienone is 1. The number of benzene rings is 4. The molecule has 8 nitrogen and oxygen atoms in total. The normalized spacial score (nSPS) is 11.2. The zero-order valence-corrected chi connectivity index (χ0v) is 20.9. The van der Waals surface area contributed by atoms with E-state index in [4.69, 9.17) is 0 Å². The highest BCUT2D eigenvalue weighted by Gasteiger charge is 2.16. The molecule has 9 heteroatoms. The fourth-order valence-corrected chi connectivity index (χ4v) is 3.58. The Labute approximate surface area is 228 Å². The zero-order valence-electron chi connectivity index (χ0n) is 20.9. The first-order valence-corrected chi connectivity index (χ1v) is 12.0. The maximum absolute atomic E-state index is 14.3. The Bertz CT molecular complexity index is 1610. The second kappa shape index (κ2) is 12.7. The number of hydrogen-bond acceptors (Lipinski definition) is 5. The van der Waals surface area contributed by atoms with E-state index in [-0.39, 0.29) is 22.7 Å². The van der Waals surface area contributed by atoms with Gasteiger partial charge in [0.15, 0.2) is 5.78 Å². The van der Waals surface area contributed by atoms with Crippen LogP contribution >= 0.6 is 0 Å². The van der Waals surface area contributed by atoms with Gasteiger partial charge in [-0.2, -0.15) is 0 Å². The second-order valence-electron chi connectivity index (χ2n) is 8.48. The van der Waals surface area contributed by atoms with E-state index < -0.39 is 22.6 Å². The summed E-state index contributed by atoms with van der Waals surface area (Å²) >= 11 is 0. The number of anilines is 1. The minimum Gasteiger partial charge on any atom is -0.321 e. The topological polar surface area (TPSA) is 118 Å². The summed E-state index contributed by atoms with van der Waals surface area (Å²) in [5.74, 6) is -2.11. The first-order valence-electron chi connectivity index (χ1n) is 12.0. The summed E-state index contributed by atoms with van der Waals surface area (Å²) in [6, 6.07) is 25.9. The minimum atomic E-state index is -0.690. The number of halogens is 1. The predicted octanol–water partition coefficient (Wildman–Crippen LogP) is 6.04. The van der Waals surface area contributed by atoms with Gasteiger partial charge in [0.2, 0.25) is 0 Å². The number of nitro groups is 1. The molecule has 0 saturated carbocycles. The van der Waals surface area contributed by atoms with Gasteiger partial charge < -0.3 is 10.6 Å². The highest BCUT2D eigenvalue weighted by molar-refractivity contribution is 6.11. The molecule has 40 heavy (non-hydrogen) atoms. The lowest BCUT2D eigenvalue weighted by Crippen LogP contribution is -2.30. The number of ketones is 1. The van der Waals surface area contributed by atoms with Crippen LogP contribution in [0.1, 0.15) is 31.8 Å². The van der Waals surface area contributed by atoms with Crippen molar-refractivity contribution in [2.45, 2.75) is 0 Å². The van der Waals surface area contributed by atoms with E-state index in [1.165, 1.54) is 85.0 Å². The van der Waals surface area contributed by atoms with E-state index in [0.717, 1.165) is 0 Å². The largest absolute Gasteiger partial charge is 0.321 e. The first-order chi connectivity index (χ1) is 19.3. The van der Waals surface area contributed by atoms with Crippen molar-refractivity contribution in [3.63, 3.8) is 0 Å². The SMILES string of the molecule is O=C(Nc1ccc(C(=O)/C=C/c2ccc([N+](=O)[O-])cc2)cc1)/C(=C/c1ccccc1F)NC(=O)c1ccccc1. The summed E-state index contributed by atoms with van der Waals surface area (Å²) in [6.07, 6.45) is 4.12. The van der Waals surface area contributed by atoms with Crippen LogP contribution in [0.15, 0.2) is 115 Å². The Balaban J connectivity index is 1.48. The molecule has 0 aliphatic heterocycles. The van der Waals surface area contributed by atoms with Crippen LogP contribution in [0.3, 0.4) is 0 Å². The summed E-state index contributed by atoms with van der Waals surface area (Å²) in [7, 11) is 0. The molecular weight excluding hydrogens is 513 g/mol. The smallest absolute Gasteiger partial charge is 0.272 e. The molecule has 4 aromatic rings. The summed E-state index contributed by atoms with van der Waals surface area (Å²) in [4.78, 5) is 48.6. The van der Waals surface area contributed by atoms with Crippen LogP contribution in [0, 0.1) is 15.9 Å². The van der Waals surface area contributed by atoms with Gasteiger partial charge >= 0.3 is 0 Å². The van der Waals surface area contributed by atoms with Crippen LogP contribution in [0.5, 0.6) is 0 Å². The number of hydrogen-bond donors (Lipinski definition) is 2. The Kier molecular flexibility index (Phi) is 8.68. The van der Waals surface area contributed by atoms with Gasteiger partial charge in [-0.05, 0) is 72.3 Å². The Hall–Kier alpha value is -5.70. The van der Waals surface area contributed by atoms with Crippen LogP contribution < -0.4 is 10.6 Å². The van der Waals surface area contributed by atoms with E-state index in [1.807, 2.05) is 0 Å². The van der Waals surface area contributed by atoms with Crippen LogP contribution in [0.2, 0.25) is 0 Å². The predicted molar refractivity (Wildman–Crippen MR) is 150 cm³/mol. The summed E-state index contributed by atoms with van der Waals surface area (Å²) in [6.45, 7) is 0. The molecule has 4 aromatic carbocycles. The number of carbonyl (C=O) groups excluding carboxylic acids is 3. The third-order valence-corrected chi connectivity index (χ3v) is 5.69. The molecule has 198 valence electrons. The minimum absolute atomic E-state index is 0.0485. The van der Waals surface area contributed by atoms with Gasteiger partial charge in [0.1, 0.15) is 11.5 Å². The molecule has 0 heterocycles. The molecule has 0 fully saturated rings. The Morgan fingerprint density at radius 3 is 2.08 bits per heavy atom. The van der Waals surface area contributed by atoms with Crippen molar-refractivity contribution in [1.82, 2.24) is 5.32 Å². The molecule has 0 bridgehead atoms. The molecular formula is C31H22FN3O5. The molecule has 0 aromatic heterocycles. The molecule has 0 aliphatic carbocycles. The number of carbonyl (C=O) groups is 3. The maximum atomic E-state index is 14.3. The first kappa shape index (κ1) is 27.3. The molecule has 0 aliphatic rings. The van der Waals surface area contributed by atoms with E-state index >= 15 is 0 Å². The quantitative estimate of drug-likeness (QED) is 0.117. The number of nitrogens with one attached hydrogen (secondary N) is 2. The molecule has 0 spiro atoms. The van der Waals surface area contributed by atoms with Gasteiger partial charge in [-0.25, -0.2) is 4.39 Å². The molecule has 0 unspecified atom stereocenters. The molecule has 0 radical (unpaired) electrons. The molecule has 0 saturated heterocycles. The van der Waals surface area contributed by atoms with Gasteiger partial charge in [0.25, 0.3) is 17.5 Å². The number of rotatable bonds is 9. The van der Waals surface area contributed by atoms with Crippen molar-refractivity contribution >= 4 is 41.1 Å². The Morgan fingerprint density at radius 2 is 1.43 bits per heavy atom. The second-order valence-corrected chi connectivity index (χ2v) is 8.48. The van der Waals surface area contributed by atoms with E-state index in [9.17, 15) is 28.9 Å². The number of nitrogens with zero attached hydrogens (tertiary/aromatic N) is 1. The van der Waals surface area contributed by atoms with Gasteiger partial charge in [0.05, 0.1) is 4.92 Å². The van der Waals surface area contributed by atoms with Crippen molar-refractivity contribution in [2.75, 3.05) is 5.32 Å². The van der Waals surface area contributed by atoms with Gasteiger partial charge in [-0.3, -0.25) is 24.5 Å². The van der Waals surface area contributed by atoms with Crippen molar-refractivity contribution < 1.29 is 23.7 Å². The molecule has 4 rings (SSSR count). The van der Waals surface area contributed by atoms with Crippen LogP contribution in [0.4, 0.5) is 15.8 Å². The number of nitro benzene ring substituents is 1. The fraction of sp³-hybridized carbons (Fsp3) is 0. The van der Waals surface area contributed by atoms with Gasteiger partial charge in [-0.1, -0.05) is 42.5 Å². The van der Waals surface area contributed by atoms with E-state index in [1.54, 1.807) is 36.4 Å². The zero-order chi connectivity index (χ0) is 28.5. The fourth-order valence-electron chi connectivity index (χ4n) is 3.58. The lowest BCUT2D eigenvalue weighted by Gasteiger charge is -2.12. The third-order valence-electron chi connectivity index (χ3n) is 5.69. The average Bonchev–Trinajstić information content (AvgIpc) is 2.97. The lowest BCUT2D eigenvalue weighted by atomic mass is 10.1. The molecule has 2 amide bonds. The highest BCUT2D eigenvalue weighted by atomic mass is 19.1. The average molecular weight is 536 g/mol. The van der Waals surface area contributed by atoms with Crippen molar-refractivity contribution in [2.24, 2.45) is 0 Å². The van der Waals surface area contributed by atoms with Crippen LogP contribution in [-0.2, 0) is 4.79 Å².